The third-order valence-corrected chi connectivity index (χ3v) is 6.62. The molecule has 174 valence electrons. The first-order chi connectivity index (χ1) is 16.0. The van der Waals surface area contributed by atoms with E-state index in [0.29, 0.717) is 25.3 Å². The maximum absolute atomic E-state index is 13.3. The number of ether oxygens (including phenoxy) is 1. The second-order valence-corrected chi connectivity index (χ2v) is 8.99. The molecular weight excluding hydrogens is 416 g/mol. The Morgan fingerprint density at radius 2 is 1.76 bits per heavy atom. The van der Waals surface area contributed by atoms with Crippen LogP contribution < -0.4 is 0 Å². The molecule has 0 unspecified atom stereocenters. The van der Waals surface area contributed by atoms with E-state index in [2.05, 4.69) is 30.9 Å². The van der Waals surface area contributed by atoms with Crippen molar-refractivity contribution in [1.82, 2.24) is 9.80 Å². The van der Waals surface area contributed by atoms with Gasteiger partial charge in [0.15, 0.2) is 5.78 Å². The maximum atomic E-state index is 13.3. The Morgan fingerprint density at radius 3 is 2.39 bits per heavy atom. The maximum Gasteiger partial charge on any atom is 0.253 e. The first kappa shape index (κ1) is 23.4. The zero-order valence-electron chi connectivity index (χ0n) is 19.4. The van der Waals surface area contributed by atoms with E-state index in [1.165, 1.54) is 5.57 Å². The summed E-state index contributed by atoms with van der Waals surface area (Å²) in [6.45, 7) is 7.29. The molecule has 1 N–H and O–H groups in total. The average molecular weight is 449 g/mol. The fourth-order valence-electron chi connectivity index (χ4n) is 4.76. The number of aliphatic hydroxyl groups excluding tert-OH is 1. The summed E-state index contributed by atoms with van der Waals surface area (Å²) in [5.74, 6) is -0.192. The number of hydrogen-bond acceptors (Lipinski definition) is 5. The summed E-state index contributed by atoms with van der Waals surface area (Å²) < 4.78 is 5.41. The molecule has 0 saturated carbocycles. The van der Waals surface area contributed by atoms with Gasteiger partial charge in [0.05, 0.1) is 13.2 Å². The fourth-order valence-corrected chi connectivity index (χ4v) is 4.76. The Hall–Kier alpha value is -2.80. The van der Waals surface area contributed by atoms with Crippen molar-refractivity contribution >= 4 is 17.3 Å². The van der Waals surface area contributed by atoms with E-state index in [1.807, 2.05) is 35.2 Å². The van der Waals surface area contributed by atoms with Gasteiger partial charge in [-0.3, -0.25) is 14.5 Å². The van der Waals surface area contributed by atoms with Crippen LogP contribution >= 0.6 is 0 Å². The molecule has 33 heavy (non-hydrogen) atoms. The highest BCUT2D eigenvalue weighted by Crippen LogP contribution is 2.24. The Morgan fingerprint density at radius 1 is 1.03 bits per heavy atom. The van der Waals surface area contributed by atoms with E-state index >= 15 is 0 Å². The van der Waals surface area contributed by atoms with Crippen molar-refractivity contribution in [2.24, 2.45) is 0 Å². The number of aliphatic hydroxyl groups is 1. The topological polar surface area (TPSA) is 70.1 Å². The molecule has 6 nitrogen and oxygen atoms in total. The molecule has 0 aromatic heterocycles. The molecule has 0 spiro atoms. The number of ketones is 1. The van der Waals surface area contributed by atoms with Gasteiger partial charge in [0, 0.05) is 42.8 Å². The zero-order valence-corrected chi connectivity index (χ0v) is 19.4. The van der Waals surface area contributed by atoms with Crippen LogP contribution in [0.1, 0.15) is 52.1 Å². The van der Waals surface area contributed by atoms with Gasteiger partial charge in [-0.2, -0.15) is 0 Å². The van der Waals surface area contributed by atoms with Crippen molar-refractivity contribution in [2.45, 2.75) is 38.9 Å². The highest BCUT2D eigenvalue weighted by Gasteiger charge is 2.32. The minimum Gasteiger partial charge on any atom is -0.388 e. The van der Waals surface area contributed by atoms with Gasteiger partial charge in [-0.15, -0.1) is 0 Å². The standard InChI is InChI=1S/C27H32N2O4/c1-19-15-28(27(32)25-5-3-4-24(14-25)22-10-12-33-13-11-22)16-20(2)29(19)17-21-6-8-23(9-7-21)26(31)18-30/h3-10,14,19-20,30H,11-13,15-18H2,1-2H3/t19-,20+. The monoisotopic (exact) mass is 448 g/mol. The summed E-state index contributed by atoms with van der Waals surface area (Å²) in [6, 6.07) is 15.8. The Balaban J connectivity index is 1.42. The second kappa shape index (κ2) is 10.4. The molecule has 0 bridgehead atoms. The van der Waals surface area contributed by atoms with Crippen molar-refractivity contribution in [3.63, 3.8) is 0 Å². The minimum atomic E-state index is -0.474. The van der Waals surface area contributed by atoms with Crippen LogP contribution in [0.25, 0.3) is 5.57 Å². The summed E-state index contributed by atoms with van der Waals surface area (Å²) in [5.41, 5.74) is 4.72. The number of benzene rings is 2. The van der Waals surface area contributed by atoms with E-state index in [4.69, 9.17) is 9.84 Å². The van der Waals surface area contributed by atoms with Crippen LogP contribution in [-0.4, -0.2) is 71.6 Å². The number of amides is 1. The minimum absolute atomic E-state index is 0.0785. The van der Waals surface area contributed by atoms with E-state index < -0.39 is 6.61 Å². The summed E-state index contributed by atoms with van der Waals surface area (Å²) in [7, 11) is 0. The van der Waals surface area contributed by atoms with Gasteiger partial charge in [0.2, 0.25) is 0 Å². The third-order valence-electron chi connectivity index (χ3n) is 6.62. The molecule has 2 heterocycles. The van der Waals surface area contributed by atoms with Crippen molar-refractivity contribution < 1.29 is 19.4 Å². The average Bonchev–Trinajstić information content (AvgIpc) is 2.86. The molecule has 4 rings (SSSR count). The predicted octanol–water partition coefficient (Wildman–Crippen LogP) is 3.40. The molecule has 1 fully saturated rings. The second-order valence-electron chi connectivity index (χ2n) is 8.99. The van der Waals surface area contributed by atoms with Crippen LogP contribution in [0.5, 0.6) is 0 Å². The lowest BCUT2D eigenvalue weighted by Crippen LogP contribution is -2.57. The molecule has 1 amide bonds. The summed E-state index contributed by atoms with van der Waals surface area (Å²) in [5, 5.41) is 9.02. The molecule has 2 atom stereocenters. The van der Waals surface area contributed by atoms with Gasteiger partial charge in [0.1, 0.15) is 6.61 Å². The highest BCUT2D eigenvalue weighted by atomic mass is 16.5. The first-order valence-corrected chi connectivity index (χ1v) is 11.6. The van der Waals surface area contributed by atoms with Crippen LogP contribution in [0, 0.1) is 0 Å². The van der Waals surface area contributed by atoms with Crippen molar-refractivity contribution in [1.29, 1.82) is 0 Å². The molecule has 1 saturated heterocycles. The normalized spacial score (nSPS) is 21.5. The van der Waals surface area contributed by atoms with E-state index in [9.17, 15) is 9.59 Å². The zero-order chi connectivity index (χ0) is 23.4. The van der Waals surface area contributed by atoms with Crippen molar-refractivity contribution in [3.05, 3.63) is 76.9 Å². The number of Topliss-reactive ketones (excluding diaryl/α,β-unsaturated/α-hetero) is 1. The number of hydrogen-bond donors (Lipinski definition) is 1. The number of carbonyl (C=O) groups excluding carboxylic acids is 2. The molecule has 0 radical (unpaired) electrons. The molecular formula is C27H32N2O4. The van der Waals surface area contributed by atoms with E-state index in [1.54, 1.807) is 12.1 Å². The Bertz CT molecular complexity index is 1020. The van der Waals surface area contributed by atoms with Crippen LogP contribution in [-0.2, 0) is 11.3 Å². The lowest BCUT2D eigenvalue weighted by molar-refractivity contribution is 0.0269. The van der Waals surface area contributed by atoms with Crippen molar-refractivity contribution in [2.75, 3.05) is 32.9 Å². The van der Waals surface area contributed by atoms with Gasteiger partial charge in [-0.05, 0) is 49.1 Å². The summed E-state index contributed by atoms with van der Waals surface area (Å²) >= 11 is 0. The molecule has 2 aromatic rings. The van der Waals surface area contributed by atoms with Gasteiger partial charge in [-0.1, -0.05) is 42.5 Å². The Labute approximate surface area is 195 Å². The van der Waals surface area contributed by atoms with Gasteiger partial charge < -0.3 is 14.7 Å². The molecule has 2 aliphatic rings. The predicted molar refractivity (Wildman–Crippen MR) is 128 cm³/mol. The van der Waals surface area contributed by atoms with Gasteiger partial charge in [0.25, 0.3) is 5.91 Å². The third kappa shape index (κ3) is 5.41. The van der Waals surface area contributed by atoms with E-state index in [0.717, 1.165) is 36.3 Å². The van der Waals surface area contributed by atoms with Gasteiger partial charge >= 0.3 is 0 Å². The number of nitrogens with zero attached hydrogens (tertiary/aromatic N) is 2. The summed E-state index contributed by atoms with van der Waals surface area (Å²) in [6.07, 6.45) is 2.97. The Kier molecular flexibility index (Phi) is 7.38. The lowest BCUT2D eigenvalue weighted by atomic mass is 9.98. The largest absolute Gasteiger partial charge is 0.388 e. The molecule has 0 aliphatic carbocycles. The van der Waals surface area contributed by atoms with Gasteiger partial charge in [-0.25, -0.2) is 0 Å². The van der Waals surface area contributed by atoms with Crippen LogP contribution in [0.3, 0.4) is 0 Å². The fraction of sp³-hybridized carbons (Fsp3) is 0.407. The summed E-state index contributed by atoms with van der Waals surface area (Å²) in [4.78, 5) is 29.3. The number of rotatable bonds is 6. The van der Waals surface area contributed by atoms with Crippen LogP contribution in [0.15, 0.2) is 54.6 Å². The molecule has 2 aliphatic heterocycles. The first-order valence-electron chi connectivity index (χ1n) is 11.6. The quantitative estimate of drug-likeness (QED) is 0.686. The molecule has 6 heteroatoms. The highest BCUT2D eigenvalue weighted by molar-refractivity contribution is 5.97. The van der Waals surface area contributed by atoms with Crippen LogP contribution in [0.2, 0.25) is 0 Å². The smallest absolute Gasteiger partial charge is 0.253 e. The van der Waals surface area contributed by atoms with Crippen molar-refractivity contribution in [3.8, 4) is 0 Å². The lowest BCUT2D eigenvalue weighted by Gasteiger charge is -2.44. The van der Waals surface area contributed by atoms with E-state index in [-0.39, 0.29) is 23.8 Å². The number of piperazine rings is 1. The number of carbonyl (C=O) groups is 2. The van der Waals surface area contributed by atoms with Crippen LogP contribution in [0.4, 0.5) is 0 Å². The molecule has 2 aromatic carbocycles. The SMILES string of the molecule is C[C@@H]1CN(C(=O)c2cccc(C3=CCOCC3)c2)C[C@H](C)N1Cc1ccc(C(=O)CO)cc1.